The zero-order valence-corrected chi connectivity index (χ0v) is 14.7. The van der Waals surface area contributed by atoms with Gasteiger partial charge in [0.05, 0.1) is 11.7 Å². The van der Waals surface area contributed by atoms with Crippen molar-refractivity contribution >= 4 is 11.9 Å². The van der Waals surface area contributed by atoms with Crippen LogP contribution in [0.15, 0.2) is 0 Å². The van der Waals surface area contributed by atoms with Crippen molar-refractivity contribution in [1.29, 1.82) is 0 Å². The Morgan fingerprint density at radius 2 is 1.88 bits per heavy atom. The van der Waals surface area contributed by atoms with E-state index in [2.05, 4.69) is 15.0 Å². The number of H-pyrrole nitrogens is 1. The molecule has 25 heavy (non-hydrogen) atoms. The van der Waals surface area contributed by atoms with Crippen LogP contribution in [-0.2, 0) is 9.47 Å². The number of esters is 1. The molecule has 1 rings (SSSR count). The average molecular weight is 364 g/mol. The van der Waals surface area contributed by atoms with Crippen molar-refractivity contribution in [3.8, 4) is 0 Å². The highest BCUT2D eigenvalue weighted by Crippen LogP contribution is 2.19. The van der Waals surface area contributed by atoms with Crippen LogP contribution in [0.3, 0.4) is 0 Å². The first-order valence-electron chi connectivity index (χ1n) is 7.85. The van der Waals surface area contributed by atoms with Gasteiger partial charge in [0.15, 0.2) is 0 Å². The fourth-order valence-electron chi connectivity index (χ4n) is 2.21. The van der Waals surface area contributed by atoms with Crippen molar-refractivity contribution in [2.75, 3.05) is 19.8 Å². The third-order valence-corrected chi connectivity index (χ3v) is 3.23. The fraction of sp³-hybridized carbons (Fsp3) is 0.625. The van der Waals surface area contributed by atoms with E-state index in [4.69, 9.17) is 4.74 Å². The first-order valence-corrected chi connectivity index (χ1v) is 7.85. The van der Waals surface area contributed by atoms with Gasteiger partial charge in [-0.15, -0.1) is 0 Å². The second kappa shape index (κ2) is 8.89. The molecule has 0 radical (unpaired) electrons. The van der Waals surface area contributed by atoms with Crippen LogP contribution in [0.1, 0.15) is 52.4 Å². The first-order chi connectivity index (χ1) is 11.5. The van der Waals surface area contributed by atoms with Gasteiger partial charge in [0.1, 0.15) is 12.3 Å². The van der Waals surface area contributed by atoms with Crippen LogP contribution < -0.4 is 5.32 Å². The molecule has 0 spiro atoms. The number of aromatic amines is 1. The number of ether oxygens (including phenoxy) is 2. The molecule has 0 aliphatic carbocycles. The van der Waals surface area contributed by atoms with Crippen LogP contribution in [-0.4, -0.2) is 48.9 Å². The zero-order chi connectivity index (χ0) is 19.2. The Hall–Kier alpha value is -2.03. The molecular formula is C16H23F3N2O4. The molecule has 0 aromatic carbocycles. The van der Waals surface area contributed by atoms with E-state index < -0.39 is 24.7 Å². The normalized spacial score (nSPS) is 11.7. The number of alkyl halides is 3. The van der Waals surface area contributed by atoms with Crippen LogP contribution in [0.5, 0.6) is 0 Å². The van der Waals surface area contributed by atoms with Gasteiger partial charge in [0.25, 0.3) is 5.91 Å². The number of hydrogen-bond acceptors (Lipinski definition) is 4. The van der Waals surface area contributed by atoms with Crippen LogP contribution >= 0.6 is 0 Å². The maximum absolute atomic E-state index is 12.2. The number of amides is 1. The minimum atomic E-state index is -4.36. The van der Waals surface area contributed by atoms with Gasteiger partial charge in [0.2, 0.25) is 0 Å². The lowest BCUT2D eigenvalue weighted by molar-refractivity contribution is -0.173. The Balaban J connectivity index is 2.55. The van der Waals surface area contributed by atoms with E-state index >= 15 is 0 Å². The summed E-state index contributed by atoms with van der Waals surface area (Å²) in [6.45, 7) is 5.46. The Bertz CT molecular complexity index is 609. The molecule has 1 aromatic rings. The number of halogens is 3. The standard InChI is InChI=1S/C16H23F3N2O4/c1-9(2)25-15(23)12-10(3)13(21-11(12)4)14(22)20-6-5-7-24-8-16(17,18)19/h9,21H,5-8H2,1-4H3,(H,20,22). The summed E-state index contributed by atoms with van der Waals surface area (Å²) in [5.74, 6) is -0.958. The number of aromatic nitrogens is 1. The molecule has 6 nitrogen and oxygen atoms in total. The van der Waals surface area contributed by atoms with Crippen LogP contribution in [0.4, 0.5) is 13.2 Å². The Labute approximate surface area is 144 Å². The molecule has 0 bridgehead atoms. The lowest BCUT2D eigenvalue weighted by Gasteiger charge is -2.09. The van der Waals surface area contributed by atoms with Gasteiger partial charge in [-0.25, -0.2) is 4.79 Å². The molecule has 1 aromatic heterocycles. The van der Waals surface area contributed by atoms with Crippen molar-refractivity contribution in [3.05, 3.63) is 22.5 Å². The van der Waals surface area contributed by atoms with Crippen molar-refractivity contribution in [3.63, 3.8) is 0 Å². The maximum Gasteiger partial charge on any atom is 0.411 e. The van der Waals surface area contributed by atoms with E-state index in [1.54, 1.807) is 27.7 Å². The van der Waals surface area contributed by atoms with E-state index in [-0.39, 0.29) is 31.4 Å². The molecule has 0 aliphatic rings. The summed E-state index contributed by atoms with van der Waals surface area (Å²) >= 11 is 0. The fourth-order valence-corrected chi connectivity index (χ4v) is 2.21. The number of nitrogens with one attached hydrogen (secondary N) is 2. The van der Waals surface area contributed by atoms with E-state index in [9.17, 15) is 22.8 Å². The van der Waals surface area contributed by atoms with Crippen LogP contribution in [0.25, 0.3) is 0 Å². The smallest absolute Gasteiger partial charge is 0.411 e. The zero-order valence-electron chi connectivity index (χ0n) is 14.7. The summed E-state index contributed by atoms with van der Waals surface area (Å²) in [7, 11) is 0. The predicted molar refractivity (Wildman–Crippen MR) is 84.6 cm³/mol. The molecule has 0 saturated carbocycles. The van der Waals surface area contributed by atoms with Gasteiger partial charge in [-0.1, -0.05) is 0 Å². The lowest BCUT2D eigenvalue weighted by atomic mass is 10.1. The summed E-state index contributed by atoms with van der Waals surface area (Å²) in [5.41, 5.74) is 1.52. The minimum absolute atomic E-state index is 0.117. The van der Waals surface area contributed by atoms with Crippen molar-refractivity contribution in [1.82, 2.24) is 10.3 Å². The predicted octanol–water partition coefficient (Wildman–Crippen LogP) is 2.90. The molecule has 0 unspecified atom stereocenters. The second-order valence-electron chi connectivity index (χ2n) is 5.86. The molecule has 0 atom stereocenters. The molecule has 1 amide bonds. The number of hydrogen-bond donors (Lipinski definition) is 2. The minimum Gasteiger partial charge on any atom is -0.459 e. The first kappa shape index (κ1) is 21.0. The molecule has 0 fully saturated rings. The van der Waals surface area contributed by atoms with E-state index in [0.29, 0.717) is 16.8 Å². The quantitative estimate of drug-likeness (QED) is 0.549. The molecule has 2 N–H and O–H groups in total. The largest absolute Gasteiger partial charge is 0.459 e. The highest BCUT2D eigenvalue weighted by molar-refractivity contribution is 6.00. The third-order valence-electron chi connectivity index (χ3n) is 3.23. The molecule has 0 aliphatic heterocycles. The highest BCUT2D eigenvalue weighted by atomic mass is 19.4. The molecular weight excluding hydrogens is 341 g/mol. The summed E-state index contributed by atoms with van der Waals surface area (Å²) in [4.78, 5) is 27.1. The van der Waals surface area contributed by atoms with E-state index in [0.717, 1.165) is 0 Å². The van der Waals surface area contributed by atoms with Gasteiger partial charge in [-0.3, -0.25) is 4.79 Å². The van der Waals surface area contributed by atoms with E-state index in [1.165, 1.54) is 0 Å². The highest BCUT2D eigenvalue weighted by Gasteiger charge is 2.27. The van der Waals surface area contributed by atoms with Crippen molar-refractivity contribution in [2.45, 2.75) is 46.4 Å². The summed E-state index contributed by atoms with van der Waals surface area (Å²) in [5, 5.41) is 2.57. The molecule has 9 heteroatoms. The number of rotatable bonds is 8. The summed E-state index contributed by atoms with van der Waals surface area (Å²) in [6, 6.07) is 0. The number of carbonyl (C=O) groups excluding carboxylic acids is 2. The number of aryl methyl sites for hydroxylation is 1. The number of carbonyl (C=O) groups is 2. The molecule has 142 valence electrons. The van der Waals surface area contributed by atoms with Gasteiger partial charge >= 0.3 is 12.1 Å². The van der Waals surface area contributed by atoms with Gasteiger partial charge in [0, 0.05) is 18.8 Å². The summed E-state index contributed by atoms with van der Waals surface area (Å²) < 4.78 is 45.3. The van der Waals surface area contributed by atoms with Gasteiger partial charge < -0.3 is 19.8 Å². The van der Waals surface area contributed by atoms with Gasteiger partial charge in [-0.2, -0.15) is 13.2 Å². The summed E-state index contributed by atoms with van der Waals surface area (Å²) in [6.07, 6.45) is -4.40. The van der Waals surface area contributed by atoms with E-state index in [1.807, 2.05) is 0 Å². The van der Waals surface area contributed by atoms with Gasteiger partial charge in [-0.05, 0) is 39.7 Å². The Morgan fingerprint density at radius 3 is 2.44 bits per heavy atom. The molecule has 0 saturated heterocycles. The van der Waals surface area contributed by atoms with Crippen LogP contribution in [0.2, 0.25) is 0 Å². The Kier molecular flexibility index (Phi) is 7.47. The topological polar surface area (TPSA) is 80.4 Å². The monoisotopic (exact) mass is 364 g/mol. The maximum atomic E-state index is 12.2. The van der Waals surface area contributed by atoms with Crippen LogP contribution in [0, 0.1) is 13.8 Å². The lowest BCUT2D eigenvalue weighted by Crippen LogP contribution is -2.27. The SMILES string of the molecule is Cc1[nH]c(C(=O)NCCCOCC(F)(F)F)c(C)c1C(=O)OC(C)C. The third kappa shape index (κ3) is 6.77. The Morgan fingerprint density at radius 1 is 1.24 bits per heavy atom. The molecule has 1 heterocycles. The second-order valence-corrected chi connectivity index (χ2v) is 5.86. The van der Waals surface area contributed by atoms with Crippen molar-refractivity contribution in [2.24, 2.45) is 0 Å². The average Bonchev–Trinajstić information content (AvgIpc) is 2.75. The van der Waals surface area contributed by atoms with Crippen molar-refractivity contribution < 1.29 is 32.2 Å².